The van der Waals surface area contributed by atoms with Crippen molar-refractivity contribution in [1.29, 1.82) is 5.26 Å². The van der Waals surface area contributed by atoms with Crippen molar-refractivity contribution >= 4 is 23.9 Å². The first-order valence-electron chi connectivity index (χ1n) is 7.96. The lowest BCUT2D eigenvalue weighted by Crippen LogP contribution is -2.33. The van der Waals surface area contributed by atoms with Crippen molar-refractivity contribution in [2.24, 2.45) is 16.3 Å². The van der Waals surface area contributed by atoms with Crippen molar-refractivity contribution in [1.82, 2.24) is 9.97 Å². The molecule has 2 atom stereocenters. The fraction of sp³-hybridized carbons (Fsp3) is 0.353. The molecule has 0 bridgehead atoms. The number of hydrogen-bond donors (Lipinski definition) is 1. The lowest BCUT2D eigenvalue weighted by Gasteiger charge is -2.19. The molecule has 1 aromatic heterocycles. The zero-order chi connectivity index (χ0) is 16.7. The fourth-order valence-electron chi connectivity index (χ4n) is 3.19. The number of allylic oxidation sites excluding steroid dienone is 3. The van der Waals surface area contributed by atoms with Gasteiger partial charge in [0.1, 0.15) is 11.2 Å². The van der Waals surface area contributed by atoms with Crippen molar-refractivity contribution in [2.75, 3.05) is 16.8 Å². The minimum absolute atomic E-state index is 0.172. The first-order valence-corrected chi connectivity index (χ1v) is 7.96. The van der Waals surface area contributed by atoms with Gasteiger partial charge in [0.05, 0.1) is 12.0 Å². The average molecular weight is 320 g/mol. The highest BCUT2D eigenvalue weighted by molar-refractivity contribution is 6.01. The topological polar surface area (TPSA) is 94.3 Å². The summed E-state index contributed by atoms with van der Waals surface area (Å²) in [5.41, 5.74) is 1.30. The second-order valence-electron chi connectivity index (χ2n) is 6.08. The molecule has 1 N–H and O–H groups in total. The van der Waals surface area contributed by atoms with Crippen LogP contribution in [-0.2, 0) is 4.79 Å². The molecule has 3 heterocycles. The van der Waals surface area contributed by atoms with Crippen LogP contribution < -0.4 is 10.2 Å². The Bertz CT molecular complexity index is 849. The van der Waals surface area contributed by atoms with Crippen LogP contribution >= 0.6 is 0 Å². The summed E-state index contributed by atoms with van der Waals surface area (Å²) >= 11 is 0. The second kappa shape index (κ2) is 5.27. The van der Waals surface area contributed by atoms with Crippen LogP contribution in [0.15, 0.2) is 40.8 Å². The number of nitrogens with one attached hydrogen (secondary N) is 1. The molecule has 7 heteroatoms. The van der Waals surface area contributed by atoms with Crippen molar-refractivity contribution in [3.05, 3.63) is 35.8 Å². The molecule has 4 rings (SSSR count). The Hall–Kier alpha value is -3.01. The van der Waals surface area contributed by atoms with Gasteiger partial charge in [0.15, 0.2) is 0 Å². The molecule has 2 aliphatic heterocycles. The van der Waals surface area contributed by atoms with Gasteiger partial charge in [-0.05, 0) is 30.6 Å². The first-order chi connectivity index (χ1) is 11.7. The standard InChI is InChI=1S/C17H16N6O/c1-2-17(10-18)5-8-23(15(17)24)13-4-7-20-16(21-13)22-14-11-3-6-19-9-12(11)14/h3-4,6-7,9,12H,2,5,8H2,1H3,(H,20,21,22)/t12-,17?/m1/s1. The Morgan fingerprint density at radius 3 is 3.08 bits per heavy atom. The van der Waals surface area contributed by atoms with E-state index in [2.05, 4.69) is 26.3 Å². The fourth-order valence-corrected chi connectivity index (χ4v) is 3.19. The predicted octanol–water partition coefficient (Wildman–Crippen LogP) is 2.03. The molecule has 1 aromatic rings. The smallest absolute Gasteiger partial charge is 0.248 e. The summed E-state index contributed by atoms with van der Waals surface area (Å²) < 4.78 is 0. The van der Waals surface area contributed by atoms with Crippen LogP contribution in [0.1, 0.15) is 19.8 Å². The summed E-state index contributed by atoms with van der Waals surface area (Å²) in [6.07, 6.45) is 8.25. The third-order valence-electron chi connectivity index (χ3n) is 4.85. The molecular formula is C17H16N6O. The molecule has 0 saturated carbocycles. The Labute approximate surface area is 139 Å². The van der Waals surface area contributed by atoms with Crippen LogP contribution in [0.5, 0.6) is 0 Å². The van der Waals surface area contributed by atoms with Crippen LogP contribution in [0.4, 0.5) is 11.8 Å². The third kappa shape index (κ3) is 2.11. The lowest BCUT2D eigenvalue weighted by molar-refractivity contribution is -0.123. The molecule has 0 spiro atoms. The number of nitriles is 1. The molecule has 24 heavy (non-hydrogen) atoms. The summed E-state index contributed by atoms with van der Waals surface area (Å²) in [6, 6.07) is 3.89. The monoisotopic (exact) mass is 320 g/mol. The van der Waals surface area contributed by atoms with Crippen molar-refractivity contribution in [2.45, 2.75) is 19.8 Å². The quantitative estimate of drug-likeness (QED) is 0.916. The van der Waals surface area contributed by atoms with Gasteiger partial charge in [-0.2, -0.15) is 10.2 Å². The van der Waals surface area contributed by atoms with E-state index >= 15 is 0 Å². The molecule has 1 fully saturated rings. The molecule has 1 unspecified atom stereocenters. The highest BCUT2D eigenvalue weighted by Gasteiger charge is 2.46. The SMILES string of the molecule is CCC1(C#N)CCN(c2ccnc(NC3=C4C=CN=C[C@H]43)n2)C1=O. The molecule has 7 nitrogen and oxygen atoms in total. The number of nitrogens with zero attached hydrogens (tertiary/aromatic N) is 5. The summed E-state index contributed by atoms with van der Waals surface area (Å²) in [5, 5.41) is 12.6. The van der Waals surface area contributed by atoms with Crippen molar-refractivity contribution in [3.63, 3.8) is 0 Å². The molecule has 120 valence electrons. The van der Waals surface area contributed by atoms with Gasteiger partial charge in [-0.3, -0.25) is 14.7 Å². The summed E-state index contributed by atoms with van der Waals surface area (Å²) in [6.45, 7) is 2.37. The maximum Gasteiger partial charge on any atom is 0.248 e. The summed E-state index contributed by atoms with van der Waals surface area (Å²) in [4.78, 5) is 27.0. The van der Waals surface area contributed by atoms with Gasteiger partial charge in [-0.1, -0.05) is 6.92 Å². The second-order valence-corrected chi connectivity index (χ2v) is 6.08. The van der Waals surface area contributed by atoms with Crippen molar-refractivity contribution < 1.29 is 4.79 Å². The molecular weight excluding hydrogens is 304 g/mol. The van der Waals surface area contributed by atoms with E-state index in [9.17, 15) is 10.1 Å². The van der Waals surface area contributed by atoms with Crippen LogP contribution in [-0.4, -0.2) is 28.6 Å². The van der Waals surface area contributed by atoms with Crippen LogP contribution in [0, 0.1) is 22.7 Å². The number of carbonyl (C=O) groups excluding carboxylic acids is 1. The zero-order valence-electron chi connectivity index (χ0n) is 13.2. The number of carbonyl (C=O) groups is 1. The van der Waals surface area contributed by atoms with E-state index in [0.29, 0.717) is 31.2 Å². The number of amides is 1. The molecule has 3 aliphatic rings. The lowest BCUT2D eigenvalue weighted by atomic mass is 9.85. The van der Waals surface area contributed by atoms with E-state index in [1.807, 2.05) is 19.2 Å². The van der Waals surface area contributed by atoms with Crippen molar-refractivity contribution in [3.8, 4) is 6.07 Å². The molecule has 1 saturated heterocycles. The Balaban J connectivity index is 1.55. The number of aromatic nitrogens is 2. The normalized spacial score (nSPS) is 27.2. The van der Waals surface area contributed by atoms with Crippen LogP contribution in [0.25, 0.3) is 0 Å². The van der Waals surface area contributed by atoms with Crippen LogP contribution in [0.3, 0.4) is 0 Å². The Kier molecular flexibility index (Phi) is 3.20. The van der Waals surface area contributed by atoms with Gasteiger partial charge in [0.25, 0.3) is 0 Å². The number of aliphatic imine (C=N–C) groups is 1. The highest BCUT2D eigenvalue weighted by atomic mass is 16.2. The van der Waals surface area contributed by atoms with E-state index in [0.717, 1.165) is 5.70 Å². The van der Waals surface area contributed by atoms with E-state index < -0.39 is 5.41 Å². The number of rotatable bonds is 4. The van der Waals surface area contributed by atoms with E-state index in [-0.39, 0.29) is 11.8 Å². The first kappa shape index (κ1) is 14.6. The maximum absolute atomic E-state index is 12.6. The largest absolute Gasteiger partial charge is 0.327 e. The molecule has 0 aromatic carbocycles. The van der Waals surface area contributed by atoms with E-state index in [4.69, 9.17) is 0 Å². The average Bonchev–Trinajstić information content (AvgIpc) is 3.20. The van der Waals surface area contributed by atoms with Crippen LogP contribution in [0.2, 0.25) is 0 Å². The molecule has 1 aliphatic carbocycles. The van der Waals surface area contributed by atoms with E-state index in [1.54, 1.807) is 23.4 Å². The third-order valence-corrected chi connectivity index (χ3v) is 4.85. The number of hydrogen-bond acceptors (Lipinski definition) is 6. The van der Waals surface area contributed by atoms with Gasteiger partial charge >= 0.3 is 0 Å². The zero-order valence-corrected chi connectivity index (χ0v) is 13.2. The molecule has 0 radical (unpaired) electrons. The van der Waals surface area contributed by atoms with Gasteiger partial charge < -0.3 is 5.32 Å². The minimum Gasteiger partial charge on any atom is -0.327 e. The highest BCUT2D eigenvalue weighted by Crippen LogP contribution is 2.41. The van der Waals surface area contributed by atoms with Gasteiger partial charge in [-0.25, -0.2) is 4.98 Å². The number of fused-ring (bicyclic) bond motifs is 1. The minimum atomic E-state index is -0.921. The number of anilines is 2. The van der Waals surface area contributed by atoms with Gasteiger partial charge in [0.2, 0.25) is 11.9 Å². The predicted molar refractivity (Wildman–Crippen MR) is 89.1 cm³/mol. The summed E-state index contributed by atoms with van der Waals surface area (Å²) in [7, 11) is 0. The summed E-state index contributed by atoms with van der Waals surface area (Å²) in [5.74, 6) is 1.03. The van der Waals surface area contributed by atoms with Gasteiger partial charge in [-0.15, -0.1) is 0 Å². The Morgan fingerprint density at radius 2 is 2.42 bits per heavy atom. The molecule has 1 amide bonds. The Morgan fingerprint density at radius 1 is 1.54 bits per heavy atom. The maximum atomic E-state index is 12.6. The van der Waals surface area contributed by atoms with E-state index in [1.165, 1.54) is 5.57 Å². The van der Waals surface area contributed by atoms with Gasteiger partial charge in [0, 0.05) is 30.9 Å².